The Kier molecular flexibility index (Phi) is 3.76. The lowest BCUT2D eigenvalue weighted by Gasteiger charge is -2.32. The fourth-order valence-corrected chi connectivity index (χ4v) is 4.17. The molecular weight excluding hydrogens is 324 g/mol. The molecule has 1 amide bonds. The second-order valence-corrected chi connectivity index (χ2v) is 8.26. The molecule has 0 saturated carbocycles. The van der Waals surface area contributed by atoms with Crippen molar-refractivity contribution in [3.63, 3.8) is 0 Å². The van der Waals surface area contributed by atoms with Crippen molar-refractivity contribution in [3.8, 4) is 0 Å². The molecule has 26 heavy (non-hydrogen) atoms. The van der Waals surface area contributed by atoms with Crippen LogP contribution in [-0.2, 0) is 24.8 Å². The zero-order chi connectivity index (χ0) is 18.6. The lowest BCUT2D eigenvalue weighted by Crippen LogP contribution is -2.40. The van der Waals surface area contributed by atoms with Gasteiger partial charge < -0.3 is 14.2 Å². The first kappa shape index (κ1) is 17.0. The maximum absolute atomic E-state index is 12.5. The number of benzene rings is 2. The Bertz CT molecular complexity index is 1020. The van der Waals surface area contributed by atoms with Gasteiger partial charge in [-0.1, -0.05) is 18.2 Å². The molecule has 0 radical (unpaired) electrons. The summed E-state index contributed by atoms with van der Waals surface area (Å²) in [6.45, 7) is 9.26. The van der Waals surface area contributed by atoms with Gasteiger partial charge in [-0.3, -0.25) is 0 Å². The topological polar surface area (TPSA) is 34.5 Å². The number of ether oxygens (including phenoxy) is 1. The Balaban J connectivity index is 1.80. The molecule has 4 rings (SSSR count). The number of hydrogen-bond acceptors (Lipinski definition) is 2. The van der Waals surface area contributed by atoms with Crippen molar-refractivity contribution in [2.75, 3.05) is 6.54 Å². The lowest BCUT2D eigenvalue weighted by molar-refractivity contribution is 0.0224. The Morgan fingerprint density at radius 1 is 1.15 bits per heavy atom. The zero-order valence-electron chi connectivity index (χ0n) is 16.2. The summed E-state index contributed by atoms with van der Waals surface area (Å²) in [5.74, 6) is 0. The van der Waals surface area contributed by atoms with Crippen LogP contribution in [0.1, 0.15) is 37.5 Å². The van der Waals surface area contributed by atoms with E-state index in [1.165, 1.54) is 38.5 Å². The highest BCUT2D eigenvalue weighted by Gasteiger charge is 2.27. The molecule has 0 N–H and O–H groups in total. The van der Waals surface area contributed by atoms with Gasteiger partial charge in [0.05, 0.1) is 5.52 Å². The third-order valence-electron chi connectivity index (χ3n) is 5.30. The largest absolute Gasteiger partial charge is 0.444 e. The van der Waals surface area contributed by atoms with E-state index in [-0.39, 0.29) is 6.09 Å². The lowest BCUT2D eigenvalue weighted by atomic mass is 9.92. The molecule has 1 aliphatic rings. The fraction of sp³-hybridized carbons (Fsp3) is 0.409. The average Bonchev–Trinajstić information content (AvgIpc) is 2.86. The standard InChI is InChI=1S/C22H26N2O2/c1-14-16-10-11-24(21(25)26-22(2,3)4)13-15(16)12-18-17-8-6-7-9-19(17)23(5)20(14)18/h6-9,12H,10-11,13H2,1-5H3. The van der Waals surface area contributed by atoms with Crippen LogP contribution in [0.25, 0.3) is 21.8 Å². The van der Waals surface area contributed by atoms with Crippen LogP contribution in [0.15, 0.2) is 30.3 Å². The summed E-state index contributed by atoms with van der Waals surface area (Å²) < 4.78 is 7.86. The van der Waals surface area contributed by atoms with E-state index < -0.39 is 5.60 Å². The molecule has 0 bridgehead atoms. The maximum atomic E-state index is 12.5. The van der Waals surface area contributed by atoms with Crippen molar-refractivity contribution in [2.24, 2.45) is 7.05 Å². The number of fused-ring (bicyclic) bond motifs is 4. The van der Waals surface area contributed by atoms with E-state index in [0.29, 0.717) is 13.1 Å². The first-order chi connectivity index (χ1) is 12.3. The Labute approximate surface area is 154 Å². The summed E-state index contributed by atoms with van der Waals surface area (Å²) in [4.78, 5) is 14.3. The van der Waals surface area contributed by atoms with Gasteiger partial charge in [0.15, 0.2) is 0 Å². The van der Waals surface area contributed by atoms with E-state index in [9.17, 15) is 4.79 Å². The molecule has 0 saturated heterocycles. The molecule has 1 aromatic heterocycles. The molecule has 0 atom stereocenters. The molecule has 2 aromatic carbocycles. The first-order valence-corrected chi connectivity index (χ1v) is 9.22. The number of para-hydroxylation sites is 1. The molecule has 2 heterocycles. The van der Waals surface area contributed by atoms with Crippen molar-refractivity contribution >= 4 is 27.9 Å². The number of nitrogens with zero attached hydrogens (tertiary/aromatic N) is 2. The highest BCUT2D eigenvalue weighted by Crippen LogP contribution is 2.35. The van der Waals surface area contributed by atoms with Gasteiger partial charge in [0.25, 0.3) is 0 Å². The quantitative estimate of drug-likeness (QED) is 0.576. The van der Waals surface area contributed by atoms with E-state index in [2.05, 4.69) is 48.9 Å². The van der Waals surface area contributed by atoms with Crippen LogP contribution in [0, 0.1) is 6.92 Å². The van der Waals surface area contributed by atoms with E-state index in [1.54, 1.807) is 0 Å². The summed E-state index contributed by atoms with van der Waals surface area (Å²) in [6, 6.07) is 10.8. The summed E-state index contributed by atoms with van der Waals surface area (Å²) in [5.41, 5.74) is 6.03. The minimum absolute atomic E-state index is 0.223. The van der Waals surface area contributed by atoms with Gasteiger partial charge >= 0.3 is 6.09 Å². The first-order valence-electron chi connectivity index (χ1n) is 9.22. The zero-order valence-corrected chi connectivity index (χ0v) is 16.2. The maximum Gasteiger partial charge on any atom is 0.410 e. The fourth-order valence-electron chi connectivity index (χ4n) is 4.17. The van der Waals surface area contributed by atoms with Gasteiger partial charge in [-0.15, -0.1) is 0 Å². The van der Waals surface area contributed by atoms with E-state index in [0.717, 1.165) is 6.42 Å². The van der Waals surface area contributed by atoms with E-state index >= 15 is 0 Å². The molecule has 0 unspecified atom stereocenters. The van der Waals surface area contributed by atoms with Crippen LogP contribution < -0.4 is 0 Å². The molecule has 136 valence electrons. The number of hydrogen-bond donors (Lipinski definition) is 0. The van der Waals surface area contributed by atoms with Gasteiger partial charge in [-0.05, 0) is 62.9 Å². The third kappa shape index (κ3) is 2.64. The third-order valence-corrected chi connectivity index (χ3v) is 5.30. The van der Waals surface area contributed by atoms with Crippen molar-refractivity contribution in [2.45, 2.75) is 46.3 Å². The number of aromatic nitrogens is 1. The minimum atomic E-state index is -0.465. The van der Waals surface area contributed by atoms with Gasteiger partial charge in [0.1, 0.15) is 5.60 Å². The average molecular weight is 350 g/mol. The summed E-state index contributed by atoms with van der Waals surface area (Å²) in [7, 11) is 2.14. The van der Waals surface area contributed by atoms with E-state index in [1.807, 2.05) is 25.7 Å². The molecule has 3 aromatic rings. The molecular formula is C22H26N2O2. The minimum Gasteiger partial charge on any atom is -0.444 e. The van der Waals surface area contributed by atoms with Gasteiger partial charge in [0, 0.05) is 36.4 Å². The van der Waals surface area contributed by atoms with Crippen LogP contribution >= 0.6 is 0 Å². The predicted molar refractivity (Wildman–Crippen MR) is 106 cm³/mol. The number of carbonyl (C=O) groups excluding carboxylic acids is 1. The SMILES string of the molecule is Cc1c2c(cc3c4ccccc4n(C)c13)CN(C(=O)OC(C)(C)C)CC2. The van der Waals surface area contributed by atoms with Crippen LogP contribution in [-0.4, -0.2) is 27.7 Å². The van der Waals surface area contributed by atoms with Gasteiger partial charge in [0.2, 0.25) is 0 Å². The summed E-state index contributed by atoms with van der Waals surface area (Å²) in [5, 5.41) is 2.54. The van der Waals surface area contributed by atoms with Crippen LogP contribution in [0.5, 0.6) is 0 Å². The van der Waals surface area contributed by atoms with E-state index in [4.69, 9.17) is 4.74 Å². The Morgan fingerprint density at radius 3 is 2.62 bits per heavy atom. The van der Waals surface area contributed by atoms with Crippen LogP contribution in [0.3, 0.4) is 0 Å². The van der Waals surface area contributed by atoms with Crippen molar-refractivity contribution in [1.29, 1.82) is 0 Å². The molecule has 0 fully saturated rings. The van der Waals surface area contributed by atoms with Crippen molar-refractivity contribution < 1.29 is 9.53 Å². The summed E-state index contributed by atoms with van der Waals surface area (Å²) in [6.07, 6.45) is 0.650. The van der Waals surface area contributed by atoms with Gasteiger partial charge in [-0.25, -0.2) is 4.79 Å². The monoisotopic (exact) mass is 350 g/mol. The normalized spacial score (nSPS) is 14.7. The number of amides is 1. The highest BCUT2D eigenvalue weighted by atomic mass is 16.6. The van der Waals surface area contributed by atoms with Crippen molar-refractivity contribution in [3.05, 3.63) is 47.0 Å². The second kappa shape index (κ2) is 5.76. The Hall–Kier alpha value is -2.49. The highest BCUT2D eigenvalue weighted by molar-refractivity contribution is 6.09. The number of carbonyl (C=O) groups is 1. The van der Waals surface area contributed by atoms with Crippen molar-refractivity contribution in [1.82, 2.24) is 9.47 Å². The molecule has 0 spiro atoms. The van der Waals surface area contributed by atoms with Gasteiger partial charge in [-0.2, -0.15) is 0 Å². The number of rotatable bonds is 0. The van der Waals surface area contributed by atoms with Crippen LogP contribution in [0.2, 0.25) is 0 Å². The Morgan fingerprint density at radius 2 is 1.88 bits per heavy atom. The summed E-state index contributed by atoms with van der Waals surface area (Å²) >= 11 is 0. The molecule has 0 aliphatic carbocycles. The molecule has 4 nitrogen and oxygen atoms in total. The molecule has 4 heteroatoms. The predicted octanol–water partition coefficient (Wildman–Crippen LogP) is 4.93. The molecule has 1 aliphatic heterocycles. The smallest absolute Gasteiger partial charge is 0.410 e. The van der Waals surface area contributed by atoms with Crippen LogP contribution in [0.4, 0.5) is 4.79 Å². The number of aryl methyl sites for hydroxylation is 2. The second-order valence-electron chi connectivity index (χ2n) is 8.26.